The van der Waals surface area contributed by atoms with Crippen molar-refractivity contribution in [3.8, 4) is 0 Å². The fraction of sp³-hybridized carbons (Fsp3) is 0.176. The van der Waals surface area contributed by atoms with E-state index in [1.54, 1.807) is 24.4 Å². The summed E-state index contributed by atoms with van der Waals surface area (Å²) in [5, 5.41) is 2.68. The van der Waals surface area contributed by atoms with Crippen molar-refractivity contribution in [1.82, 2.24) is 14.7 Å². The number of nitrogens with one attached hydrogen (secondary N) is 1. The highest BCUT2D eigenvalue weighted by molar-refractivity contribution is 5.94. The van der Waals surface area contributed by atoms with Crippen molar-refractivity contribution in [3.05, 3.63) is 71.2 Å². The van der Waals surface area contributed by atoms with Crippen LogP contribution in [0.15, 0.2) is 48.7 Å². The maximum atomic E-state index is 13.2. The van der Waals surface area contributed by atoms with E-state index in [1.165, 1.54) is 4.40 Å². The van der Waals surface area contributed by atoms with Crippen LogP contribution in [-0.4, -0.2) is 15.3 Å². The van der Waals surface area contributed by atoms with Gasteiger partial charge >= 0.3 is 0 Å². The highest BCUT2D eigenvalue weighted by Gasteiger charge is 2.24. The first-order chi connectivity index (χ1) is 11.1. The lowest BCUT2D eigenvalue weighted by Gasteiger charge is -2.07. The van der Waals surface area contributed by atoms with Gasteiger partial charge in [-0.3, -0.25) is 9.20 Å². The van der Waals surface area contributed by atoms with Gasteiger partial charge in [0.2, 0.25) is 0 Å². The summed E-state index contributed by atoms with van der Waals surface area (Å²) in [6, 6.07) is 12.6. The van der Waals surface area contributed by atoms with Crippen molar-refractivity contribution < 1.29 is 13.6 Å². The topological polar surface area (TPSA) is 46.4 Å². The molecule has 3 rings (SSSR count). The number of hydrogen-bond donors (Lipinski definition) is 1. The van der Waals surface area contributed by atoms with Gasteiger partial charge in [-0.1, -0.05) is 35.9 Å². The van der Waals surface area contributed by atoms with Crippen molar-refractivity contribution in [1.29, 1.82) is 0 Å². The lowest BCUT2D eigenvalue weighted by Crippen LogP contribution is -2.25. The Kier molecular flexibility index (Phi) is 4.06. The molecule has 0 spiro atoms. The van der Waals surface area contributed by atoms with Crippen LogP contribution in [-0.2, 0) is 6.54 Å². The lowest BCUT2D eigenvalue weighted by atomic mass is 10.1. The van der Waals surface area contributed by atoms with Crippen molar-refractivity contribution in [2.75, 3.05) is 0 Å². The molecule has 0 bridgehead atoms. The molecule has 4 nitrogen and oxygen atoms in total. The van der Waals surface area contributed by atoms with Crippen LogP contribution in [0.3, 0.4) is 0 Å². The molecule has 3 aromatic rings. The average Bonchev–Trinajstić information content (AvgIpc) is 2.94. The molecule has 6 heteroatoms. The van der Waals surface area contributed by atoms with E-state index in [9.17, 15) is 13.6 Å². The van der Waals surface area contributed by atoms with Crippen molar-refractivity contribution in [2.24, 2.45) is 0 Å². The van der Waals surface area contributed by atoms with Gasteiger partial charge in [0.05, 0.1) is 0 Å². The van der Waals surface area contributed by atoms with Crippen LogP contribution in [0, 0.1) is 6.92 Å². The monoisotopic (exact) mass is 315 g/mol. The largest absolute Gasteiger partial charge is 0.347 e. The minimum Gasteiger partial charge on any atom is -0.347 e. The first-order valence-electron chi connectivity index (χ1n) is 7.15. The molecule has 0 aliphatic rings. The van der Waals surface area contributed by atoms with E-state index in [-0.39, 0.29) is 12.2 Å². The van der Waals surface area contributed by atoms with Crippen LogP contribution in [0.4, 0.5) is 8.78 Å². The summed E-state index contributed by atoms with van der Waals surface area (Å²) in [5.41, 5.74) is 1.71. The number of alkyl halides is 2. The molecule has 2 heterocycles. The Morgan fingerprint density at radius 1 is 1.22 bits per heavy atom. The van der Waals surface area contributed by atoms with Gasteiger partial charge in [-0.2, -0.15) is 0 Å². The molecular formula is C17H15F2N3O. The molecular weight excluding hydrogens is 300 g/mol. The summed E-state index contributed by atoms with van der Waals surface area (Å²) < 4.78 is 27.7. The molecule has 2 aromatic heterocycles. The molecule has 118 valence electrons. The molecule has 0 saturated heterocycles. The van der Waals surface area contributed by atoms with Crippen molar-refractivity contribution >= 4 is 11.6 Å². The standard InChI is InChI=1S/C17H15F2N3O/c1-11-5-7-12(8-6-11)10-20-17(23)15-14(16(18)19)21-13-4-2-3-9-22(13)15/h2-9,16H,10H2,1H3,(H,20,23). The normalized spacial score (nSPS) is 11.1. The molecule has 0 atom stereocenters. The van der Waals surface area contributed by atoms with Crippen LogP contribution in [0.1, 0.15) is 33.7 Å². The minimum absolute atomic E-state index is 0.122. The lowest BCUT2D eigenvalue weighted by molar-refractivity contribution is 0.0929. The van der Waals surface area contributed by atoms with Gasteiger partial charge in [-0.05, 0) is 24.6 Å². The number of nitrogens with zero attached hydrogens (tertiary/aromatic N) is 2. The van der Waals surface area contributed by atoms with Gasteiger partial charge in [0.25, 0.3) is 12.3 Å². The van der Waals surface area contributed by atoms with Gasteiger partial charge < -0.3 is 5.32 Å². The Morgan fingerprint density at radius 3 is 2.65 bits per heavy atom. The maximum absolute atomic E-state index is 13.2. The van der Waals surface area contributed by atoms with Gasteiger partial charge in [-0.25, -0.2) is 13.8 Å². The van der Waals surface area contributed by atoms with E-state index in [4.69, 9.17) is 0 Å². The third-order valence-corrected chi connectivity index (χ3v) is 3.55. The molecule has 0 aliphatic heterocycles. The second kappa shape index (κ2) is 6.16. The molecule has 0 radical (unpaired) electrons. The Balaban J connectivity index is 1.88. The number of imidazole rings is 1. The molecule has 1 amide bonds. The molecule has 1 aromatic carbocycles. The number of aromatic nitrogens is 2. The van der Waals surface area contributed by atoms with E-state index in [0.29, 0.717) is 5.65 Å². The van der Waals surface area contributed by atoms with Crippen molar-refractivity contribution in [3.63, 3.8) is 0 Å². The number of carbonyl (C=O) groups is 1. The van der Waals surface area contributed by atoms with Crippen LogP contribution in [0.25, 0.3) is 5.65 Å². The van der Waals surface area contributed by atoms with Crippen LogP contribution in [0.5, 0.6) is 0 Å². The summed E-state index contributed by atoms with van der Waals surface area (Å²) in [6.07, 6.45) is -1.26. The zero-order valence-electron chi connectivity index (χ0n) is 12.5. The molecule has 0 fully saturated rings. The van der Waals surface area contributed by atoms with Gasteiger partial charge in [-0.15, -0.1) is 0 Å². The number of benzene rings is 1. The highest BCUT2D eigenvalue weighted by Crippen LogP contribution is 2.23. The summed E-state index contributed by atoms with van der Waals surface area (Å²) in [5.74, 6) is -0.570. The van der Waals surface area contributed by atoms with Gasteiger partial charge in [0.1, 0.15) is 17.0 Å². The number of hydrogen-bond acceptors (Lipinski definition) is 2. The number of halogens is 2. The summed E-state index contributed by atoms with van der Waals surface area (Å²) >= 11 is 0. The first kappa shape index (κ1) is 15.1. The summed E-state index contributed by atoms with van der Waals surface area (Å²) in [7, 11) is 0. The molecule has 1 N–H and O–H groups in total. The number of rotatable bonds is 4. The fourth-order valence-electron chi connectivity index (χ4n) is 2.36. The number of amides is 1. The molecule has 0 aliphatic carbocycles. The molecule has 0 saturated carbocycles. The third kappa shape index (κ3) is 3.06. The average molecular weight is 315 g/mol. The van der Waals surface area contributed by atoms with E-state index < -0.39 is 18.0 Å². The quantitative estimate of drug-likeness (QED) is 0.801. The maximum Gasteiger partial charge on any atom is 0.282 e. The number of pyridine rings is 1. The second-order valence-corrected chi connectivity index (χ2v) is 5.24. The highest BCUT2D eigenvalue weighted by atomic mass is 19.3. The predicted molar refractivity (Wildman–Crippen MR) is 82.5 cm³/mol. The van der Waals surface area contributed by atoms with E-state index in [2.05, 4.69) is 10.3 Å². The number of fused-ring (bicyclic) bond motifs is 1. The van der Waals surface area contributed by atoms with Crippen LogP contribution in [0.2, 0.25) is 0 Å². The molecule has 23 heavy (non-hydrogen) atoms. The van der Waals surface area contributed by atoms with Crippen LogP contribution < -0.4 is 5.32 Å². The fourth-order valence-corrected chi connectivity index (χ4v) is 2.36. The van der Waals surface area contributed by atoms with Gasteiger partial charge in [0, 0.05) is 12.7 Å². The van der Waals surface area contributed by atoms with E-state index >= 15 is 0 Å². The Labute approximate surface area is 131 Å². The summed E-state index contributed by atoms with van der Waals surface area (Å²) in [6.45, 7) is 2.23. The first-order valence-corrected chi connectivity index (χ1v) is 7.15. The van der Waals surface area contributed by atoms with Crippen LogP contribution >= 0.6 is 0 Å². The predicted octanol–water partition coefficient (Wildman–Crippen LogP) is 3.51. The SMILES string of the molecule is Cc1ccc(CNC(=O)c2c(C(F)F)nc3ccccn23)cc1. The smallest absolute Gasteiger partial charge is 0.282 e. The molecule has 0 unspecified atom stereocenters. The van der Waals surface area contributed by atoms with Crippen molar-refractivity contribution in [2.45, 2.75) is 19.9 Å². The zero-order valence-corrected chi connectivity index (χ0v) is 12.5. The third-order valence-electron chi connectivity index (χ3n) is 3.55. The zero-order chi connectivity index (χ0) is 16.4. The number of aryl methyl sites for hydroxylation is 1. The minimum atomic E-state index is -2.81. The summed E-state index contributed by atoms with van der Waals surface area (Å²) in [4.78, 5) is 16.2. The second-order valence-electron chi connectivity index (χ2n) is 5.24. The van der Waals surface area contributed by atoms with E-state index in [0.717, 1.165) is 11.1 Å². The van der Waals surface area contributed by atoms with Gasteiger partial charge in [0.15, 0.2) is 0 Å². The Morgan fingerprint density at radius 2 is 1.96 bits per heavy atom. The van der Waals surface area contributed by atoms with E-state index in [1.807, 2.05) is 31.2 Å². The Hall–Kier alpha value is -2.76. The Bertz CT molecular complexity index is 841. The number of carbonyl (C=O) groups excluding carboxylic acids is 1.